The predicted molar refractivity (Wildman–Crippen MR) is 106 cm³/mol. The standard InChI is InChI=1S/C23H22N3/c1-15-11-16(2)17(3)20(12-15)23-8-6-19-13-18(5-7-22(19)26(23)4)21-14-24-9-10-25-21/h5-14H,1-4H3/q+1. The van der Waals surface area contributed by atoms with Crippen LogP contribution in [-0.4, -0.2) is 9.97 Å². The van der Waals surface area contributed by atoms with Gasteiger partial charge in [0.25, 0.3) is 0 Å². The van der Waals surface area contributed by atoms with E-state index < -0.39 is 0 Å². The summed E-state index contributed by atoms with van der Waals surface area (Å²) in [7, 11) is 2.14. The van der Waals surface area contributed by atoms with Gasteiger partial charge in [0.05, 0.1) is 11.9 Å². The summed E-state index contributed by atoms with van der Waals surface area (Å²) in [4.78, 5) is 8.58. The molecule has 26 heavy (non-hydrogen) atoms. The van der Waals surface area contributed by atoms with E-state index in [0.717, 1.165) is 11.3 Å². The molecule has 0 saturated carbocycles. The normalized spacial score (nSPS) is 11.1. The first kappa shape index (κ1) is 16.4. The summed E-state index contributed by atoms with van der Waals surface area (Å²) >= 11 is 0. The van der Waals surface area contributed by atoms with Crippen LogP contribution >= 0.6 is 0 Å². The van der Waals surface area contributed by atoms with Crippen molar-refractivity contribution in [3.63, 3.8) is 0 Å². The molecular formula is C23H22N3+. The van der Waals surface area contributed by atoms with Gasteiger partial charge in [0, 0.05) is 41.0 Å². The van der Waals surface area contributed by atoms with Crippen molar-refractivity contribution in [2.24, 2.45) is 7.05 Å². The van der Waals surface area contributed by atoms with Gasteiger partial charge in [-0.3, -0.25) is 9.97 Å². The molecule has 0 aliphatic heterocycles. The van der Waals surface area contributed by atoms with Crippen molar-refractivity contribution < 1.29 is 4.57 Å². The third kappa shape index (κ3) is 2.76. The van der Waals surface area contributed by atoms with Gasteiger partial charge >= 0.3 is 0 Å². The topological polar surface area (TPSA) is 29.7 Å². The van der Waals surface area contributed by atoms with Crippen LogP contribution in [0, 0.1) is 20.8 Å². The number of aromatic nitrogens is 3. The molecule has 2 heterocycles. The zero-order valence-corrected chi connectivity index (χ0v) is 15.6. The molecule has 2 aromatic carbocycles. The Balaban J connectivity index is 1.89. The number of hydrogen-bond acceptors (Lipinski definition) is 2. The van der Waals surface area contributed by atoms with Crippen LogP contribution in [0.25, 0.3) is 33.4 Å². The summed E-state index contributed by atoms with van der Waals surface area (Å²) < 4.78 is 2.27. The van der Waals surface area contributed by atoms with Crippen molar-refractivity contribution in [2.45, 2.75) is 20.8 Å². The van der Waals surface area contributed by atoms with Gasteiger partial charge < -0.3 is 0 Å². The van der Waals surface area contributed by atoms with E-state index in [-0.39, 0.29) is 0 Å². The minimum absolute atomic E-state index is 0.895. The Morgan fingerprint density at radius 2 is 1.73 bits per heavy atom. The lowest BCUT2D eigenvalue weighted by Crippen LogP contribution is -2.32. The van der Waals surface area contributed by atoms with Gasteiger partial charge in [-0.15, -0.1) is 0 Å². The highest BCUT2D eigenvalue weighted by atomic mass is 14.9. The first-order chi connectivity index (χ1) is 12.5. The first-order valence-corrected chi connectivity index (χ1v) is 8.82. The van der Waals surface area contributed by atoms with Gasteiger partial charge in [-0.2, -0.15) is 4.57 Å². The molecular weight excluding hydrogens is 318 g/mol. The molecule has 3 nitrogen and oxygen atoms in total. The lowest BCUT2D eigenvalue weighted by molar-refractivity contribution is -0.633. The van der Waals surface area contributed by atoms with Gasteiger partial charge in [-0.05, 0) is 56.2 Å². The molecule has 0 amide bonds. The Labute approximate surface area is 154 Å². The van der Waals surface area contributed by atoms with Crippen molar-refractivity contribution in [1.29, 1.82) is 0 Å². The van der Waals surface area contributed by atoms with E-state index >= 15 is 0 Å². The maximum Gasteiger partial charge on any atom is 0.213 e. The smallest absolute Gasteiger partial charge is 0.213 e. The highest BCUT2D eigenvalue weighted by molar-refractivity contribution is 5.83. The number of fused-ring (bicyclic) bond motifs is 1. The number of benzene rings is 2. The summed E-state index contributed by atoms with van der Waals surface area (Å²) in [6, 6.07) is 15.4. The Morgan fingerprint density at radius 3 is 2.50 bits per heavy atom. The van der Waals surface area contributed by atoms with E-state index in [1.807, 2.05) is 0 Å². The van der Waals surface area contributed by atoms with Crippen molar-refractivity contribution in [1.82, 2.24) is 9.97 Å². The Kier molecular flexibility index (Phi) is 4.00. The third-order valence-electron chi connectivity index (χ3n) is 5.12. The molecule has 3 heteroatoms. The molecule has 0 atom stereocenters. The molecule has 4 rings (SSSR count). The lowest BCUT2D eigenvalue weighted by Gasteiger charge is -2.10. The van der Waals surface area contributed by atoms with E-state index in [2.05, 4.69) is 84.8 Å². The quantitative estimate of drug-likeness (QED) is 0.495. The van der Waals surface area contributed by atoms with E-state index in [1.54, 1.807) is 18.6 Å². The molecule has 0 radical (unpaired) electrons. The molecule has 4 aromatic rings. The third-order valence-corrected chi connectivity index (χ3v) is 5.12. The Hall–Kier alpha value is -3.07. The van der Waals surface area contributed by atoms with Crippen LogP contribution in [0.15, 0.2) is 61.1 Å². The summed E-state index contributed by atoms with van der Waals surface area (Å²) in [6.07, 6.45) is 5.23. The average Bonchev–Trinajstić information content (AvgIpc) is 2.66. The van der Waals surface area contributed by atoms with Crippen LogP contribution in [0.4, 0.5) is 0 Å². The highest BCUT2D eigenvalue weighted by Crippen LogP contribution is 2.27. The van der Waals surface area contributed by atoms with Crippen LogP contribution in [0.1, 0.15) is 16.7 Å². The Morgan fingerprint density at radius 1 is 0.885 bits per heavy atom. The number of hydrogen-bond donors (Lipinski definition) is 0. The van der Waals surface area contributed by atoms with Crippen LogP contribution < -0.4 is 4.57 Å². The van der Waals surface area contributed by atoms with E-state index in [1.165, 1.54) is 38.9 Å². The van der Waals surface area contributed by atoms with Crippen LogP contribution in [0.2, 0.25) is 0 Å². The van der Waals surface area contributed by atoms with Crippen LogP contribution in [-0.2, 0) is 7.05 Å². The van der Waals surface area contributed by atoms with Crippen molar-refractivity contribution in [2.75, 3.05) is 0 Å². The zero-order valence-electron chi connectivity index (χ0n) is 15.6. The summed E-state index contributed by atoms with van der Waals surface area (Å²) in [6.45, 7) is 6.54. The molecule has 0 N–H and O–H groups in total. The maximum absolute atomic E-state index is 4.41. The molecule has 128 valence electrons. The SMILES string of the molecule is Cc1cc(C)c(C)c(-c2ccc3cc(-c4cnccn4)ccc3[n+]2C)c1. The first-order valence-electron chi connectivity index (χ1n) is 8.82. The largest absolute Gasteiger partial charge is 0.261 e. The monoisotopic (exact) mass is 340 g/mol. The fourth-order valence-electron chi connectivity index (χ4n) is 3.59. The van der Waals surface area contributed by atoms with Crippen molar-refractivity contribution >= 4 is 10.9 Å². The van der Waals surface area contributed by atoms with Gasteiger partial charge in [-0.25, -0.2) is 0 Å². The van der Waals surface area contributed by atoms with Crippen LogP contribution in [0.3, 0.4) is 0 Å². The molecule has 0 aliphatic carbocycles. The molecule has 2 aromatic heterocycles. The van der Waals surface area contributed by atoms with Crippen molar-refractivity contribution in [3.05, 3.63) is 77.7 Å². The second kappa shape index (κ2) is 6.34. The highest BCUT2D eigenvalue weighted by Gasteiger charge is 2.17. The second-order valence-electron chi connectivity index (χ2n) is 6.90. The number of pyridine rings is 1. The number of rotatable bonds is 2. The number of nitrogens with zero attached hydrogens (tertiary/aromatic N) is 3. The van der Waals surface area contributed by atoms with Crippen LogP contribution in [0.5, 0.6) is 0 Å². The molecule has 0 spiro atoms. The zero-order chi connectivity index (χ0) is 18.3. The molecule has 0 fully saturated rings. The van der Waals surface area contributed by atoms with Gasteiger partial charge in [0.15, 0.2) is 0 Å². The van der Waals surface area contributed by atoms with E-state index in [0.29, 0.717) is 0 Å². The molecule has 0 unspecified atom stereocenters. The maximum atomic E-state index is 4.41. The second-order valence-corrected chi connectivity index (χ2v) is 6.90. The lowest BCUT2D eigenvalue weighted by atomic mass is 9.96. The van der Waals surface area contributed by atoms with E-state index in [9.17, 15) is 0 Å². The van der Waals surface area contributed by atoms with Gasteiger partial charge in [-0.1, -0.05) is 11.6 Å². The summed E-state index contributed by atoms with van der Waals surface area (Å²) in [5.41, 5.74) is 9.67. The predicted octanol–water partition coefficient (Wildman–Crippen LogP) is 4.71. The Bertz CT molecular complexity index is 1120. The minimum Gasteiger partial charge on any atom is -0.261 e. The average molecular weight is 340 g/mol. The molecule has 0 saturated heterocycles. The summed E-state index contributed by atoms with van der Waals surface area (Å²) in [5, 5.41) is 1.20. The number of aryl methyl sites for hydroxylation is 3. The molecule has 0 bridgehead atoms. The van der Waals surface area contributed by atoms with Gasteiger partial charge in [0.1, 0.15) is 7.05 Å². The fraction of sp³-hybridized carbons (Fsp3) is 0.174. The van der Waals surface area contributed by atoms with Crippen molar-refractivity contribution in [3.8, 4) is 22.5 Å². The molecule has 0 aliphatic rings. The summed E-state index contributed by atoms with van der Waals surface area (Å²) in [5.74, 6) is 0. The van der Waals surface area contributed by atoms with E-state index in [4.69, 9.17) is 0 Å². The van der Waals surface area contributed by atoms with Gasteiger partial charge in [0.2, 0.25) is 11.2 Å². The fourth-order valence-corrected chi connectivity index (χ4v) is 3.59. The minimum atomic E-state index is 0.895.